The number of hydrogen-bond acceptors (Lipinski definition) is 3. The molecule has 126 valence electrons. The van der Waals surface area contributed by atoms with Crippen molar-refractivity contribution in [2.75, 3.05) is 10.0 Å². The van der Waals surface area contributed by atoms with Gasteiger partial charge in [0.2, 0.25) is 5.91 Å². The summed E-state index contributed by atoms with van der Waals surface area (Å²) in [6.45, 7) is 0. The maximum Gasteiger partial charge on any atom is 0.261 e. The molecule has 0 fully saturated rings. The number of benzene rings is 2. The Hall–Kier alpha value is -2.55. The standard InChI is InChI=1S/C15H11F3N2O3S/c16-10-3-5-12(15(18)14(10)17)20-24(22,23)9-2-4-11-8(7-9)1-6-13(21)19-11/h2-5,7,20H,1,6H2,(H,19,21). The largest absolute Gasteiger partial charge is 0.326 e. The van der Waals surface area contributed by atoms with Gasteiger partial charge in [-0.1, -0.05) is 0 Å². The average molecular weight is 356 g/mol. The Morgan fingerprint density at radius 1 is 1.00 bits per heavy atom. The minimum absolute atomic E-state index is 0.167. The van der Waals surface area contributed by atoms with E-state index in [1.54, 1.807) is 0 Å². The molecule has 1 aliphatic heterocycles. The van der Waals surface area contributed by atoms with Gasteiger partial charge in [-0.05, 0) is 42.3 Å². The van der Waals surface area contributed by atoms with E-state index in [2.05, 4.69) is 5.32 Å². The molecule has 9 heteroatoms. The van der Waals surface area contributed by atoms with Gasteiger partial charge in [0.15, 0.2) is 17.5 Å². The van der Waals surface area contributed by atoms with Crippen LogP contribution >= 0.6 is 0 Å². The molecule has 2 N–H and O–H groups in total. The van der Waals surface area contributed by atoms with Crippen LogP contribution in [0.1, 0.15) is 12.0 Å². The van der Waals surface area contributed by atoms with Crippen LogP contribution in [0.4, 0.5) is 24.5 Å². The molecule has 0 aliphatic carbocycles. The summed E-state index contributed by atoms with van der Waals surface area (Å²) in [4.78, 5) is 11.1. The van der Waals surface area contributed by atoms with Gasteiger partial charge in [0.05, 0.1) is 10.6 Å². The summed E-state index contributed by atoms with van der Waals surface area (Å²) in [6.07, 6.45) is 0.589. The van der Waals surface area contributed by atoms with E-state index in [9.17, 15) is 26.4 Å². The highest BCUT2D eigenvalue weighted by Gasteiger charge is 2.22. The topological polar surface area (TPSA) is 75.3 Å². The van der Waals surface area contributed by atoms with Crippen LogP contribution in [-0.2, 0) is 21.2 Å². The lowest BCUT2D eigenvalue weighted by Gasteiger charge is -2.18. The van der Waals surface area contributed by atoms with Gasteiger partial charge in [0.25, 0.3) is 10.0 Å². The van der Waals surface area contributed by atoms with Crippen molar-refractivity contribution in [2.24, 2.45) is 0 Å². The Kier molecular flexibility index (Phi) is 3.96. The maximum absolute atomic E-state index is 13.6. The molecule has 2 aromatic rings. The molecule has 1 aliphatic rings. The Bertz CT molecular complexity index is 945. The smallest absolute Gasteiger partial charge is 0.261 e. The van der Waals surface area contributed by atoms with E-state index in [1.165, 1.54) is 18.2 Å². The van der Waals surface area contributed by atoms with Crippen molar-refractivity contribution in [2.45, 2.75) is 17.7 Å². The minimum atomic E-state index is -4.20. The van der Waals surface area contributed by atoms with E-state index in [0.29, 0.717) is 23.7 Å². The molecule has 0 bridgehead atoms. The molecule has 0 aromatic heterocycles. The van der Waals surface area contributed by atoms with Gasteiger partial charge in [-0.15, -0.1) is 0 Å². The van der Waals surface area contributed by atoms with Crippen molar-refractivity contribution in [3.63, 3.8) is 0 Å². The molecule has 5 nitrogen and oxygen atoms in total. The van der Waals surface area contributed by atoms with Gasteiger partial charge < -0.3 is 5.32 Å². The lowest BCUT2D eigenvalue weighted by Crippen LogP contribution is -2.20. The van der Waals surface area contributed by atoms with E-state index in [0.717, 1.165) is 6.07 Å². The quantitative estimate of drug-likeness (QED) is 0.831. The Morgan fingerprint density at radius 3 is 2.50 bits per heavy atom. The predicted molar refractivity (Wildman–Crippen MR) is 80.5 cm³/mol. The number of halogens is 3. The van der Waals surface area contributed by atoms with Crippen molar-refractivity contribution in [1.29, 1.82) is 0 Å². The van der Waals surface area contributed by atoms with Gasteiger partial charge in [-0.25, -0.2) is 21.6 Å². The van der Waals surface area contributed by atoms with Gasteiger partial charge in [-0.2, -0.15) is 0 Å². The summed E-state index contributed by atoms with van der Waals surface area (Å²) >= 11 is 0. The first-order chi connectivity index (χ1) is 11.3. The monoisotopic (exact) mass is 356 g/mol. The predicted octanol–water partition coefficient (Wildman–Crippen LogP) is 2.79. The van der Waals surface area contributed by atoms with Gasteiger partial charge in [0.1, 0.15) is 0 Å². The molecule has 1 heterocycles. The van der Waals surface area contributed by atoms with Gasteiger partial charge in [0, 0.05) is 12.1 Å². The fraction of sp³-hybridized carbons (Fsp3) is 0.133. The summed E-state index contributed by atoms with van der Waals surface area (Å²) in [5, 5.41) is 2.61. The molecule has 0 unspecified atom stereocenters. The Balaban J connectivity index is 1.94. The van der Waals surface area contributed by atoms with Crippen LogP contribution in [0.5, 0.6) is 0 Å². The highest BCUT2D eigenvalue weighted by Crippen LogP contribution is 2.27. The number of anilines is 2. The number of sulfonamides is 1. The molecular formula is C15H11F3N2O3S. The molecule has 0 saturated heterocycles. The summed E-state index contributed by atoms with van der Waals surface area (Å²) in [5.74, 6) is -4.97. The Morgan fingerprint density at radius 2 is 1.75 bits per heavy atom. The molecule has 0 radical (unpaired) electrons. The second-order valence-corrected chi connectivity index (χ2v) is 6.88. The number of fused-ring (bicyclic) bond motifs is 1. The van der Waals surface area contributed by atoms with E-state index in [-0.39, 0.29) is 17.2 Å². The zero-order chi connectivity index (χ0) is 17.5. The number of carbonyl (C=O) groups excluding carboxylic acids is 1. The summed E-state index contributed by atoms with van der Waals surface area (Å²) in [7, 11) is -4.20. The zero-order valence-corrected chi connectivity index (χ0v) is 12.9. The van der Waals surface area contributed by atoms with Crippen LogP contribution in [0.3, 0.4) is 0 Å². The third-order valence-electron chi connectivity index (χ3n) is 3.56. The second-order valence-electron chi connectivity index (χ2n) is 5.20. The zero-order valence-electron chi connectivity index (χ0n) is 12.1. The number of rotatable bonds is 3. The second kappa shape index (κ2) is 5.82. The SMILES string of the molecule is O=C1CCc2cc(S(=O)(=O)Nc3ccc(F)c(F)c3F)ccc2N1. The van der Waals surface area contributed by atoms with E-state index in [1.807, 2.05) is 4.72 Å². The molecular weight excluding hydrogens is 345 g/mol. The molecule has 3 rings (SSSR count). The number of carbonyl (C=O) groups is 1. The first-order valence-corrected chi connectivity index (χ1v) is 8.35. The normalized spacial score (nSPS) is 14.0. The molecule has 1 amide bonds. The summed E-state index contributed by atoms with van der Waals surface area (Å²) in [6, 6.07) is 5.41. The summed E-state index contributed by atoms with van der Waals surface area (Å²) in [5.41, 5.74) is 0.423. The van der Waals surface area contributed by atoms with Crippen molar-refractivity contribution in [1.82, 2.24) is 0 Å². The van der Waals surface area contributed by atoms with Crippen LogP contribution in [-0.4, -0.2) is 14.3 Å². The molecule has 0 atom stereocenters. The fourth-order valence-corrected chi connectivity index (χ4v) is 3.44. The average Bonchev–Trinajstić information content (AvgIpc) is 2.55. The van der Waals surface area contributed by atoms with E-state index >= 15 is 0 Å². The number of aryl methyl sites for hydroxylation is 1. The van der Waals surface area contributed by atoms with E-state index < -0.39 is 33.2 Å². The van der Waals surface area contributed by atoms with Crippen LogP contribution in [0.25, 0.3) is 0 Å². The van der Waals surface area contributed by atoms with Gasteiger partial charge in [-0.3, -0.25) is 9.52 Å². The highest BCUT2D eigenvalue weighted by molar-refractivity contribution is 7.92. The fourth-order valence-electron chi connectivity index (χ4n) is 2.34. The number of hydrogen-bond donors (Lipinski definition) is 2. The molecule has 24 heavy (non-hydrogen) atoms. The van der Waals surface area contributed by atoms with Crippen LogP contribution in [0.2, 0.25) is 0 Å². The lowest BCUT2D eigenvalue weighted by atomic mass is 10.0. The van der Waals surface area contributed by atoms with Crippen molar-refractivity contribution in [3.05, 3.63) is 53.3 Å². The first kappa shape index (κ1) is 16.3. The lowest BCUT2D eigenvalue weighted by molar-refractivity contribution is -0.116. The molecule has 2 aromatic carbocycles. The summed E-state index contributed by atoms with van der Waals surface area (Å²) < 4.78 is 66.3. The van der Waals surface area contributed by atoms with Crippen molar-refractivity contribution in [3.8, 4) is 0 Å². The maximum atomic E-state index is 13.6. The van der Waals surface area contributed by atoms with Crippen LogP contribution < -0.4 is 10.0 Å². The van der Waals surface area contributed by atoms with E-state index in [4.69, 9.17) is 0 Å². The van der Waals surface area contributed by atoms with Crippen molar-refractivity contribution < 1.29 is 26.4 Å². The number of amides is 1. The molecule has 0 spiro atoms. The van der Waals surface area contributed by atoms with Crippen molar-refractivity contribution >= 4 is 27.3 Å². The highest BCUT2D eigenvalue weighted by atomic mass is 32.2. The van der Waals surface area contributed by atoms with Gasteiger partial charge >= 0.3 is 0 Å². The third kappa shape index (κ3) is 2.94. The molecule has 0 saturated carbocycles. The van der Waals surface area contributed by atoms with Crippen LogP contribution in [0.15, 0.2) is 35.2 Å². The minimum Gasteiger partial charge on any atom is -0.326 e. The Labute approximate surface area is 135 Å². The van der Waals surface area contributed by atoms with Crippen LogP contribution in [0, 0.1) is 17.5 Å². The first-order valence-electron chi connectivity index (χ1n) is 6.87. The third-order valence-corrected chi connectivity index (χ3v) is 4.93. The number of nitrogens with one attached hydrogen (secondary N) is 2.